The standard InChI is InChI=1S/C10H12Cl2N2/c1-7(2)6-13-14-10-5-8(11)3-4-9(10)12/h3-7,14H,1-2H3. The van der Waals surface area contributed by atoms with Crippen molar-refractivity contribution in [2.45, 2.75) is 13.8 Å². The third kappa shape index (κ3) is 3.56. The molecular formula is C10H12Cl2N2. The second-order valence-corrected chi connectivity index (χ2v) is 4.10. The van der Waals surface area contributed by atoms with E-state index in [4.69, 9.17) is 23.2 Å². The number of halogens is 2. The summed E-state index contributed by atoms with van der Waals surface area (Å²) in [6.45, 7) is 4.09. The molecule has 0 saturated carbocycles. The average Bonchev–Trinajstić information content (AvgIpc) is 2.10. The Morgan fingerprint density at radius 3 is 2.71 bits per heavy atom. The van der Waals surface area contributed by atoms with Gasteiger partial charge in [-0.05, 0) is 24.1 Å². The van der Waals surface area contributed by atoms with Crippen molar-refractivity contribution in [1.29, 1.82) is 0 Å². The number of nitrogens with zero attached hydrogens (tertiary/aromatic N) is 1. The molecule has 1 aromatic carbocycles. The Labute approximate surface area is 93.9 Å². The SMILES string of the molecule is CC(C)C=NNc1cc(Cl)ccc1Cl. The first-order chi connectivity index (χ1) is 6.59. The molecule has 0 aliphatic carbocycles. The summed E-state index contributed by atoms with van der Waals surface area (Å²) in [5.74, 6) is 0.403. The van der Waals surface area contributed by atoms with Crippen LogP contribution in [-0.4, -0.2) is 6.21 Å². The maximum Gasteiger partial charge on any atom is 0.0762 e. The first-order valence-corrected chi connectivity index (χ1v) is 5.09. The summed E-state index contributed by atoms with van der Waals surface area (Å²) in [6.07, 6.45) is 1.80. The van der Waals surface area contributed by atoms with E-state index < -0.39 is 0 Å². The molecule has 0 saturated heterocycles. The van der Waals surface area contributed by atoms with Crippen molar-refractivity contribution in [1.82, 2.24) is 0 Å². The van der Waals surface area contributed by atoms with Crippen molar-refractivity contribution < 1.29 is 0 Å². The van der Waals surface area contributed by atoms with Gasteiger partial charge in [0, 0.05) is 11.2 Å². The summed E-state index contributed by atoms with van der Waals surface area (Å²) in [7, 11) is 0. The maximum atomic E-state index is 5.92. The molecule has 0 fully saturated rings. The van der Waals surface area contributed by atoms with Gasteiger partial charge in [-0.15, -0.1) is 0 Å². The van der Waals surface area contributed by atoms with Crippen molar-refractivity contribution >= 4 is 35.1 Å². The van der Waals surface area contributed by atoms with Gasteiger partial charge in [0.15, 0.2) is 0 Å². The first-order valence-electron chi connectivity index (χ1n) is 4.34. The molecule has 0 heterocycles. The molecule has 0 spiro atoms. The molecule has 14 heavy (non-hydrogen) atoms. The second-order valence-electron chi connectivity index (χ2n) is 3.26. The molecule has 4 heteroatoms. The fourth-order valence-corrected chi connectivity index (χ4v) is 1.17. The van der Waals surface area contributed by atoms with E-state index in [0.29, 0.717) is 16.0 Å². The molecule has 1 N–H and O–H groups in total. The summed E-state index contributed by atoms with van der Waals surface area (Å²) in [5, 5.41) is 5.27. The van der Waals surface area contributed by atoms with Gasteiger partial charge in [-0.1, -0.05) is 37.0 Å². The van der Waals surface area contributed by atoms with Gasteiger partial charge >= 0.3 is 0 Å². The van der Waals surface area contributed by atoms with E-state index in [-0.39, 0.29) is 0 Å². The Morgan fingerprint density at radius 1 is 1.36 bits per heavy atom. The number of nitrogens with one attached hydrogen (secondary N) is 1. The number of benzene rings is 1. The van der Waals surface area contributed by atoms with Gasteiger partial charge in [0.25, 0.3) is 0 Å². The van der Waals surface area contributed by atoms with Crippen molar-refractivity contribution in [3.8, 4) is 0 Å². The Kier molecular flexibility index (Phi) is 4.23. The second kappa shape index (κ2) is 5.23. The van der Waals surface area contributed by atoms with Gasteiger partial charge in [0.05, 0.1) is 10.7 Å². The molecule has 0 bridgehead atoms. The van der Waals surface area contributed by atoms with Crippen LogP contribution in [0.1, 0.15) is 13.8 Å². The molecule has 0 aromatic heterocycles. The summed E-state index contributed by atoms with van der Waals surface area (Å²) in [5.41, 5.74) is 3.56. The fraction of sp³-hybridized carbons (Fsp3) is 0.300. The molecule has 0 unspecified atom stereocenters. The Morgan fingerprint density at radius 2 is 2.07 bits per heavy atom. The van der Waals surface area contributed by atoms with E-state index in [9.17, 15) is 0 Å². The molecular weight excluding hydrogens is 219 g/mol. The van der Waals surface area contributed by atoms with E-state index in [1.165, 1.54) is 0 Å². The van der Waals surface area contributed by atoms with Crippen LogP contribution in [0, 0.1) is 5.92 Å². The summed E-state index contributed by atoms with van der Waals surface area (Å²) in [4.78, 5) is 0. The number of rotatable bonds is 3. The molecule has 0 radical (unpaired) electrons. The highest BCUT2D eigenvalue weighted by Gasteiger charge is 1.98. The number of hydrogen-bond acceptors (Lipinski definition) is 2. The largest absolute Gasteiger partial charge is 0.277 e. The lowest BCUT2D eigenvalue weighted by Crippen LogP contribution is -1.94. The Balaban J connectivity index is 2.71. The topological polar surface area (TPSA) is 24.4 Å². The van der Waals surface area contributed by atoms with Gasteiger partial charge in [-0.3, -0.25) is 5.43 Å². The molecule has 0 amide bonds. The van der Waals surface area contributed by atoms with Crippen LogP contribution in [0.5, 0.6) is 0 Å². The highest BCUT2D eigenvalue weighted by molar-refractivity contribution is 6.35. The minimum Gasteiger partial charge on any atom is -0.277 e. The number of hydrazone groups is 1. The van der Waals surface area contributed by atoms with Crippen LogP contribution in [0.15, 0.2) is 23.3 Å². The van der Waals surface area contributed by atoms with E-state index in [1.54, 1.807) is 24.4 Å². The maximum absolute atomic E-state index is 5.92. The van der Waals surface area contributed by atoms with Gasteiger partial charge in [-0.25, -0.2) is 0 Å². The van der Waals surface area contributed by atoms with Crippen molar-refractivity contribution in [2.75, 3.05) is 5.43 Å². The predicted octanol–water partition coefficient (Wildman–Crippen LogP) is 4.05. The Bertz CT molecular complexity index is 335. The molecule has 76 valence electrons. The van der Waals surface area contributed by atoms with Crippen LogP contribution in [0.3, 0.4) is 0 Å². The third-order valence-electron chi connectivity index (χ3n) is 1.49. The molecule has 0 aliphatic rings. The van der Waals surface area contributed by atoms with Crippen LogP contribution in [0.2, 0.25) is 10.0 Å². The molecule has 0 atom stereocenters. The molecule has 2 nitrogen and oxygen atoms in total. The van der Waals surface area contributed by atoms with Crippen LogP contribution < -0.4 is 5.43 Å². The van der Waals surface area contributed by atoms with Crippen LogP contribution in [-0.2, 0) is 0 Å². The van der Waals surface area contributed by atoms with E-state index >= 15 is 0 Å². The summed E-state index contributed by atoms with van der Waals surface area (Å²) in [6, 6.07) is 5.21. The zero-order valence-electron chi connectivity index (χ0n) is 8.09. The van der Waals surface area contributed by atoms with Crippen LogP contribution in [0.25, 0.3) is 0 Å². The monoisotopic (exact) mass is 230 g/mol. The summed E-state index contributed by atoms with van der Waals surface area (Å²) >= 11 is 11.7. The quantitative estimate of drug-likeness (QED) is 0.615. The lowest BCUT2D eigenvalue weighted by atomic mass is 10.3. The van der Waals surface area contributed by atoms with Gasteiger partial charge in [-0.2, -0.15) is 5.10 Å². The van der Waals surface area contributed by atoms with Crippen molar-refractivity contribution in [2.24, 2.45) is 11.0 Å². The van der Waals surface area contributed by atoms with Gasteiger partial charge in [0.2, 0.25) is 0 Å². The minimum atomic E-state index is 0.403. The van der Waals surface area contributed by atoms with Gasteiger partial charge in [0.1, 0.15) is 0 Å². The summed E-state index contributed by atoms with van der Waals surface area (Å²) < 4.78 is 0. The van der Waals surface area contributed by atoms with E-state index in [1.807, 2.05) is 13.8 Å². The van der Waals surface area contributed by atoms with Crippen molar-refractivity contribution in [3.63, 3.8) is 0 Å². The molecule has 1 aromatic rings. The number of anilines is 1. The smallest absolute Gasteiger partial charge is 0.0762 e. The highest BCUT2D eigenvalue weighted by Crippen LogP contribution is 2.25. The normalized spacial score (nSPS) is 11.2. The fourth-order valence-electron chi connectivity index (χ4n) is 0.839. The van der Waals surface area contributed by atoms with Crippen LogP contribution in [0.4, 0.5) is 5.69 Å². The molecule has 1 rings (SSSR count). The number of hydrogen-bond donors (Lipinski definition) is 1. The molecule has 0 aliphatic heterocycles. The van der Waals surface area contributed by atoms with Gasteiger partial charge < -0.3 is 0 Å². The lowest BCUT2D eigenvalue weighted by molar-refractivity contribution is 0.904. The average molecular weight is 231 g/mol. The third-order valence-corrected chi connectivity index (χ3v) is 2.05. The zero-order chi connectivity index (χ0) is 10.6. The zero-order valence-corrected chi connectivity index (χ0v) is 9.60. The van der Waals surface area contributed by atoms with E-state index in [2.05, 4.69) is 10.5 Å². The van der Waals surface area contributed by atoms with E-state index in [0.717, 1.165) is 5.69 Å². The minimum absolute atomic E-state index is 0.403. The lowest BCUT2D eigenvalue weighted by Gasteiger charge is -2.03. The predicted molar refractivity (Wildman–Crippen MR) is 63.4 cm³/mol. The highest BCUT2D eigenvalue weighted by atomic mass is 35.5. The first kappa shape index (κ1) is 11.3. The van der Waals surface area contributed by atoms with Crippen LogP contribution >= 0.6 is 23.2 Å². The van der Waals surface area contributed by atoms with Crippen molar-refractivity contribution in [3.05, 3.63) is 28.2 Å². The Hall–Kier alpha value is -0.730.